The van der Waals surface area contributed by atoms with Crippen LogP contribution in [0.2, 0.25) is 0 Å². The lowest BCUT2D eigenvalue weighted by molar-refractivity contribution is -0.121. The molecule has 0 unspecified atom stereocenters. The summed E-state index contributed by atoms with van der Waals surface area (Å²) in [5, 5.41) is 4.37. The molecular formula is C12H17N3O2S2. The zero-order valence-corrected chi connectivity index (χ0v) is 12.3. The van der Waals surface area contributed by atoms with Gasteiger partial charge in [-0.25, -0.2) is 0 Å². The summed E-state index contributed by atoms with van der Waals surface area (Å²) in [6, 6.07) is 3.48. The van der Waals surface area contributed by atoms with Gasteiger partial charge in [0.25, 0.3) is 5.91 Å². The average molecular weight is 299 g/mol. The minimum Gasteiger partial charge on any atom is -0.297 e. The van der Waals surface area contributed by atoms with E-state index >= 15 is 0 Å². The summed E-state index contributed by atoms with van der Waals surface area (Å²) in [5.74, 6) is -0.422. The molecule has 2 amide bonds. The second-order valence-corrected chi connectivity index (χ2v) is 5.25. The molecule has 0 aliphatic rings. The number of carbonyl (C=O) groups is 2. The number of thiophene rings is 1. The van der Waals surface area contributed by atoms with Crippen LogP contribution in [0.5, 0.6) is 0 Å². The third kappa shape index (κ3) is 6.30. The minimum absolute atomic E-state index is 0.0854. The van der Waals surface area contributed by atoms with Crippen LogP contribution in [0.15, 0.2) is 17.5 Å². The van der Waals surface area contributed by atoms with Crippen molar-refractivity contribution in [3.8, 4) is 0 Å². The van der Waals surface area contributed by atoms with Crippen molar-refractivity contribution < 1.29 is 9.59 Å². The normalized spacial score (nSPS) is 9.74. The van der Waals surface area contributed by atoms with Gasteiger partial charge in [-0.15, -0.1) is 11.3 Å². The Kier molecular flexibility index (Phi) is 7.06. The molecule has 1 heterocycles. The zero-order chi connectivity index (χ0) is 14.1. The maximum atomic E-state index is 11.6. The molecule has 5 nitrogen and oxygen atoms in total. The smallest absolute Gasteiger partial charge is 0.267 e. The number of carbonyl (C=O) groups excluding carboxylic acids is 2. The molecular weight excluding hydrogens is 282 g/mol. The van der Waals surface area contributed by atoms with Crippen molar-refractivity contribution in [3.63, 3.8) is 0 Å². The Morgan fingerprint density at radius 1 is 1.32 bits per heavy atom. The van der Waals surface area contributed by atoms with Crippen LogP contribution < -0.4 is 16.2 Å². The van der Waals surface area contributed by atoms with Crippen LogP contribution in [0.1, 0.15) is 42.3 Å². The summed E-state index contributed by atoms with van der Waals surface area (Å²) in [4.78, 5) is 23.6. The zero-order valence-electron chi connectivity index (χ0n) is 10.7. The largest absolute Gasteiger partial charge is 0.297 e. The van der Waals surface area contributed by atoms with Gasteiger partial charge in [-0.05, 0) is 30.1 Å². The van der Waals surface area contributed by atoms with E-state index in [-0.39, 0.29) is 16.9 Å². The van der Waals surface area contributed by atoms with Gasteiger partial charge in [-0.2, -0.15) is 0 Å². The van der Waals surface area contributed by atoms with E-state index in [9.17, 15) is 9.59 Å². The molecule has 0 spiro atoms. The van der Waals surface area contributed by atoms with E-state index in [0.717, 1.165) is 19.3 Å². The molecule has 0 saturated carbocycles. The highest BCUT2D eigenvalue weighted by Crippen LogP contribution is 2.07. The highest BCUT2D eigenvalue weighted by molar-refractivity contribution is 7.80. The fourth-order valence-electron chi connectivity index (χ4n) is 1.33. The first kappa shape index (κ1) is 15.6. The Bertz CT molecular complexity index is 432. The molecule has 0 bridgehead atoms. The average Bonchev–Trinajstić information content (AvgIpc) is 2.90. The van der Waals surface area contributed by atoms with Crippen LogP contribution in [0.4, 0.5) is 0 Å². The van der Waals surface area contributed by atoms with Gasteiger partial charge < -0.3 is 0 Å². The van der Waals surface area contributed by atoms with Gasteiger partial charge in [0.15, 0.2) is 5.11 Å². The van der Waals surface area contributed by atoms with E-state index < -0.39 is 0 Å². The van der Waals surface area contributed by atoms with Crippen molar-refractivity contribution in [2.24, 2.45) is 0 Å². The highest BCUT2D eigenvalue weighted by atomic mass is 32.1. The third-order valence-electron chi connectivity index (χ3n) is 2.29. The van der Waals surface area contributed by atoms with Crippen LogP contribution >= 0.6 is 23.6 Å². The Morgan fingerprint density at radius 3 is 2.74 bits per heavy atom. The summed E-state index contributed by atoms with van der Waals surface area (Å²) < 4.78 is 0. The lowest BCUT2D eigenvalue weighted by atomic mass is 10.2. The number of nitrogens with one attached hydrogen (secondary N) is 3. The van der Waals surface area contributed by atoms with Gasteiger partial charge in [0.2, 0.25) is 5.91 Å². The van der Waals surface area contributed by atoms with Crippen LogP contribution in [-0.2, 0) is 4.79 Å². The van der Waals surface area contributed by atoms with E-state index in [2.05, 4.69) is 23.1 Å². The summed E-state index contributed by atoms with van der Waals surface area (Å²) in [7, 11) is 0. The molecule has 7 heteroatoms. The Balaban J connectivity index is 2.21. The molecule has 0 saturated heterocycles. The van der Waals surface area contributed by atoms with E-state index in [0.29, 0.717) is 11.3 Å². The molecule has 0 aliphatic carbocycles. The summed E-state index contributed by atoms with van der Waals surface area (Å²) in [5.41, 5.74) is 4.96. The van der Waals surface area contributed by atoms with Crippen molar-refractivity contribution >= 4 is 40.5 Å². The Labute approximate surface area is 121 Å². The summed E-state index contributed by atoms with van der Waals surface area (Å²) in [6.07, 6.45) is 3.38. The van der Waals surface area contributed by atoms with Crippen molar-refractivity contribution in [1.29, 1.82) is 0 Å². The number of thiocarbonyl (C=S) groups is 1. The van der Waals surface area contributed by atoms with Gasteiger partial charge >= 0.3 is 0 Å². The number of unbranched alkanes of at least 4 members (excludes halogenated alkanes) is 2. The van der Waals surface area contributed by atoms with Gasteiger partial charge in [-0.1, -0.05) is 25.8 Å². The standard InChI is InChI=1S/C12H17N3O2S2/c1-2-3-4-7-10(16)14-15-12(18)13-11(17)9-6-5-8-19-9/h5-6,8H,2-4,7H2,1H3,(H,14,16)(H2,13,15,17,18). The lowest BCUT2D eigenvalue weighted by Gasteiger charge is -2.09. The predicted octanol–water partition coefficient (Wildman–Crippen LogP) is 1.96. The topological polar surface area (TPSA) is 70.2 Å². The molecule has 0 aliphatic heterocycles. The molecule has 1 aromatic heterocycles. The van der Waals surface area contributed by atoms with Crippen molar-refractivity contribution in [3.05, 3.63) is 22.4 Å². The fourth-order valence-corrected chi connectivity index (χ4v) is 2.09. The fraction of sp³-hybridized carbons (Fsp3) is 0.417. The highest BCUT2D eigenvalue weighted by Gasteiger charge is 2.08. The van der Waals surface area contributed by atoms with Crippen LogP contribution in [0.25, 0.3) is 0 Å². The van der Waals surface area contributed by atoms with E-state index in [1.807, 2.05) is 0 Å². The van der Waals surface area contributed by atoms with Gasteiger partial charge in [-0.3, -0.25) is 25.8 Å². The molecule has 0 aromatic carbocycles. The molecule has 1 rings (SSSR count). The Hall–Kier alpha value is -1.47. The molecule has 19 heavy (non-hydrogen) atoms. The van der Waals surface area contributed by atoms with Crippen molar-refractivity contribution in [1.82, 2.24) is 16.2 Å². The summed E-state index contributed by atoms with van der Waals surface area (Å²) >= 11 is 6.23. The maximum Gasteiger partial charge on any atom is 0.267 e. The second kappa shape index (κ2) is 8.60. The third-order valence-corrected chi connectivity index (χ3v) is 3.37. The first-order valence-corrected chi connectivity index (χ1v) is 7.36. The molecule has 1 aromatic rings. The predicted molar refractivity (Wildman–Crippen MR) is 79.8 cm³/mol. The number of hydrogen-bond acceptors (Lipinski definition) is 4. The maximum absolute atomic E-state index is 11.6. The first-order valence-electron chi connectivity index (χ1n) is 6.07. The molecule has 3 N–H and O–H groups in total. The number of amides is 2. The van der Waals surface area contributed by atoms with Gasteiger partial charge in [0.05, 0.1) is 4.88 Å². The lowest BCUT2D eigenvalue weighted by Crippen LogP contribution is -2.48. The van der Waals surface area contributed by atoms with Gasteiger partial charge in [0, 0.05) is 6.42 Å². The number of hydrogen-bond donors (Lipinski definition) is 3. The first-order chi connectivity index (χ1) is 9.13. The van der Waals surface area contributed by atoms with E-state index in [4.69, 9.17) is 12.2 Å². The SMILES string of the molecule is CCCCCC(=O)NNC(=S)NC(=O)c1cccs1. The van der Waals surface area contributed by atoms with Crippen LogP contribution in [0, 0.1) is 0 Å². The molecule has 104 valence electrons. The number of rotatable bonds is 5. The quantitative estimate of drug-likeness (QED) is 0.442. The summed E-state index contributed by atoms with van der Waals surface area (Å²) in [6.45, 7) is 2.07. The molecule has 0 atom stereocenters. The number of hydrazine groups is 1. The van der Waals surface area contributed by atoms with Crippen LogP contribution in [0.3, 0.4) is 0 Å². The minimum atomic E-state index is -0.285. The second-order valence-electron chi connectivity index (χ2n) is 3.89. The molecule has 0 radical (unpaired) electrons. The van der Waals surface area contributed by atoms with E-state index in [1.54, 1.807) is 17.5 Å². The van der Waals surface area contributed by atoms with Crippen molar-refractivity contribution in [2.75, 3.05) is 0 Å². The van der Waals surface area contributed by atoms with Crippen LogP contribution in [-0.4, -0.2) is 16.9 Å². The monoisotopic (exact) mass is 299 g/mol. The van der Waals surface area contributed by atoms with Gasteiger partial charge in [0.1, 0.15) is 0 Å². The molecule has 0 fully saturated rings. The van der Waals surface area contributed by atoms with E-state index in [1.165, 1.54) is 11.3 Å². The van der Waals surface area contributed by atoms with Crippen molar-refractivity contribution in [2.45, 2.75) is 32.6 Å². The Morgan fingerprint density at radius 2 is 2.11 bits per heavy atom.